The largest absolute Gasteiger partial charge is 0.395 e. The van der Waals surface area contributed by atoms with E-state index in [4.69, 9.17) is 16.2 Å². The molecular weight excluding hydrogens is 204 g/mol. The fraction of sp³-hybridized carbons (Fsp3) is 0.455. The third kappa shape index (κ3) is 2.93. The van der Waals surface area contributed by atoms with E-state index in [1.54, 1.807) is 18.3 Å². The summed E-state index contributed by atoms with van der Waals surface area (Å²) in [5.41, 5.74) is 6.07. The van der Waals surface area contributed by atoms with Crippen molar-refractivity contribution in [1.29, 1.82) is 5.41 Å². The van der Waals surface area contributed by atoms with Crippen molar-refractivity contribution in [3.05, 3.63) is 23.9 Å². The third-order valence-electron chi connectivity index (χ3n) is 2.32. The van der Waals surface area contributed by atoms with Gasteiger partial charge in [-0.15, -0.1) is 0 Å². The van der Waals surface area contributed by atoms with Crippen LogP contribution in [0.2, 0.25) is 0 Å². The molecule has 0 saturated carbocycles. The molecule has 0 aliphatic rings. The van der Waals surface area contributed by atoms with Crippen LogP contribution >= 0.6 is 0 Å². The van der Waals surface area contributed by atoms with Crippen LogP contribution in [0, 0.1) is 5.41 Å². The Morgan fingerprint density at radius 3 is 2.81 bits per heavy atom. The van der Waals surface area contributed by atoms with Crippen molar-refractivity contribution in [3.8, 4) is 0 Å². The molecule has 0 radical (unpaired) electrons. The predicted octanol–water partition coefficient (Wildman–Crippen LogP) is 0.573. The lowest BCUT2D eigenvalue weighted by atomic mass is 10.2. The zero-order valence-electron chi connectivity index (χ0n) is 9.64. The number of nitrogens with one attached hydrogen (secondary N) is 1. The molecule has 88 valence electrons. The van der Waals surface area contributed by atoms with Crippen molar-refractivity contribution in [2.45, 2.75) is 19.9 Å². The fourth-order valence-electron chi connectivity index (χ4n) is 1.49. The number of anilines is 1. The molecule has 1 rings (SSSR count). The topological polar surface area (TPSA) is 86.2 Å². The normalized spacial score (nSPS) is 10.5. The molecule has 5 nitrogen and oxygen atoms in total. The van der Waals surface area contributed by atoms with Crippen molar-refractivity contribution >= 4 is 11.7 Å². The summed E-state index contributed by atoms with van der Waals surface area (Å²) < 4.78 is 0. The van der Waals surface area contributed by atoms with E-state index in [1.807, 2.05) is 18.7 Å². The molecule has 0 spiro atoms. The molecule has 0 atom stereocenters. The van der Waals surface area contributed by atoms with E-state index in [9.17, 15) is 0 Å². The van der Waals surface area contributed by atoms with Gasteiger partial charge in [0.25, 0.3) is 0 Å². The zero-order chi connectivity index (χ0) is 12.1. The van der Waals surface area contributed by atoms with Gasteiger partial charge in [-0.3, -0.25) is 5.41 Å². The number of aliphatic hydroxyl groups excluding tert-OH is 1. The minimum Gasteiger partial charge on any atom is -0.395 e. The van der Waals surface area contributed by atoms with Crippen molar-refractivity contribution in [2.24, 2.45) is 5.73 Å². The van der Waals surface area contributed by atoms with Crippen molar-refractivity contribution in [3.63, 3.8) is 0 Å². The smallest absolute Gasteiger partial charge is 0.129 e. The Balaban J connectivity index is 3.00. The maximum atomic E-state index is 8.99. The standard InChI is InChI=1S/C11H18N4O/c1-8(2)15(5-6-16)10-7-9(11(12)13)3-4-14-10/h3-4,7-8,16H,5-6H2,1-2H3,(H3,12,13). The van der Waals surface area contributed by atoms with Gasteiger partial charge in [0.05, 0.1) is 6.61 Å². The second-order valence-corrected chi connectivity index (χ2v) is 3.83. The van der Waals surface area contributed by atoms with E-state index in [2.05, 4.69) is 4.98 Å². The molecule has 1 aromatic rings. The molecule has 0 aliphatic heterocycles. The van der Waals surface area contributed by atoms with Gasteiger partial charge in [-0.05, 0) is 26.0 Å². The summed E-state index contributed by atoms with van der Waals surface area (Å²) >= 11 is 0. The Hall–Kier alpha value is -1.62. The van der Waals surface area contributed by atoms with E-state index in [-0.39, 0.29) is 18.5 Å². The summed E-state index contributed by atoms with van der Waals surface area (Å²) in [4.78, 5) is 6.19. The molecule has 16 heavy (non-hydrogen) atoms. The maximum Gasteiger partial charge on any atom is 0.129 e. The highest BCUT2D eigenvalue weighted by Crippen LogP contribution is 2.14. The Bertz CT molecular complexity index is 365. The van der Waals surface area contributed by atoms with Gasteiger partial charge in [0, 0.05) is 24.3 Å². The van der Waals surface area contributed by atoms with Crippen LogP contribution in [0.3, 0.4) is 0 Å². The van der Waals surface area contributed by atoms with Crippen LogP contribution in [0.5, 0.6) is 0 Å². The summed E-state index contributed by atoms with van der Waals surface area (Å²) in [6.07, 6.45) is 1.62. The molecule has 0 saturated heterocycles. The monoisotopic (exact) mass is 222 g/mol. The van der Waals surface area contributed by atoms with E-state index in [0.717, 1.165) is 5.82 Å². The number of hydrogen-bond donors (Lipinski definition) is 3. The zero-order valence-corrected chi connectivity index (χ0v) is 9.64. The first-order valence-corrected chi connectivity index (χ1v) is 5.24. The summed E-state index contributed by atoms with van der Waals surface area (Å²) in [5.74, 6) is 0.758. The van der Waals surface area contributed by atoms with Crippen LogP contribution in [0.15, 0.2) is 18.3 Å². The van der Waals surface area contributed by atoms with Crippen LogP contribution in [0.1, 0.15) is 19.4 Å². The Morgan fingerprint density at radius 2 is 2.31 bits per heavy atom. The fourth-order valence-corrected chi connectivity index (χ4v) is 1.49. The summed E-state index contributed by atoms with van der Waals surface area (Å²) in [6.45, 7) is 4.64. The maximum absolute atomic E-state index is 8.99. The summed E-state index contributed by atoms with van der Waals surface area (Å²) in [7, 11) is 0. The number of aliphatic hydroxyl groups is 1. The van der Waals surface area contributed by atoms with E-state index >= 15 is 0 Å². The average molecular weight is 222 g/mol. The first-order valence-electron chi connectivity index (χ1n) is 5.24. The SMILES string of the molecule is CC(C)N(CCO)c1cc(C(=N)N)ccn1. The first-order chi connectivity index (χ1) is 7.56. The van der Waals surface area contributed by atoms with Crippen LogP contribution in [-0.2, 0) is 0 Å². The number of hydrogen-bond acceptors (Lipinski definition) is 4. The molecule has 0 aliphatic carbocycles. The van der Waals surface area contributed by atoms with Gasteiger partial charge in [-0.1, -0.05) is 0 Å². The lowest BCUT2D eigenvalue weighted by Crippen LogP contribution is -2.34. The van der Waals surface area contributed by atoms with Crippen LogP contribution < -0.4 is 10.6 Å². The van der Waals surface area contributed by atoms with E-state index in [1.165, 1.54) is 0 Å². The van der Waals surface area contributed by atoms with E-state index < -0.39 is 0 Å². The Morgan fingerprint density at radius 1 is 1.62 bits per heavy atom. The quantitative estimate of drug-likeness (QED) is 0.502. The van der Waals surface area contributed by atoms with Gasteiger partial charge in [-0.2, -0.15) is 0 Å². The number of rotatable bonds is 5. The number of pyridine rings is 1. The molecule has 4 N–H and O–H groups in total. The summed E-state index contributed by atoms with van der Waals surface area (Å²) in [6, 6.07) is 3.70. The highest BCUT2D eigenvalue weighted by molar-refractivity contribution is 5.95. The highest BCUT2D eigenvalue weighted by atomic mass is 16.3. The van der Waals surface area contributed by atoms with Crippen molar-refractivity contribution in [2.75, 3.05) is 18.1 Å². The van der Waals surface area contributed by atoms with Crippen molar-refractivity contribution < 1.29 is 5.11 Å². The van der Waals surface area contributed by atoms with Gasteiger partial charge >= 0.3 is 0 Å². The third-order valence-corrected chi connectivity index (χ3v) is 2.32. The van der Waals surface area contributed by atoms with Crippen molar-refractivity contribution in [1.82, 2.24) is 4.98 Å². The number of nitrogen functional groups attached to an aromatic ring is 1. The average Bonchev–Trinajstić information content (AvgIpc) is 2.25. The van der Waals surface area contributed by atoms with E-state index in [0.29, 0.717) is 12.1 Å². The Labute approximate surface area is 95.4 Å². The van der Waals surface area contributed by atoms with Crippen LogP contribution in [0.4, 0.5) is 5.82 Å². The molecule has 0 amide bonds. The summed E-state index contributed by atoms with van der Waals surface area (Å²) in [5, 5.41) is 16.4. The molecule has 1 heterocycles. The second kappa shape index (κ2) is 5.46. The molecule has 0 fully saturated rings. The number of amidine groups is 1. The molecule has 0 aromatic carbocycles. The van der Waals surface area contributed by atoms with Crippen LogP contribution in [-0.4, -0.2) is 35.1 Å². The van der Waals surface area contributed by atoms with Gasteiger partial charge in [-0.25, -0.2) is 4.98 Å². The number of nitrogens with zero attached hydrogens (tertiary/aromatic N) is 2. The molecule has 0 bridgehead atoms. The number of nitrogens with two attached hydrogens (primary N) is 1. The van der Waals surface area contributed by atoms with Gasteiger partial charge in [0.2, 0.25) is 0 Å². The Kier molecular flexibility index (Phi) is 4.25. The van der Waals surface area contributed by atoms with Crippen LogP contribution in [0.25, 0.3) is 0 Å². The van der Waals surface area contributed by atoms with Gasteiger partial charge in [0.1, 0.15) is 11.7 Å². The lowest BCUT2D eigenvalue weighted by Gasteiger charge is -2.27. The molecular formula is C11H18N4O. The van der Waals surface area contributed by atoms with Gasteiger partial charge in [0.15, 0.2) is 0 Å². The molecule has 5 heteroatoms. The minimum absolute atomic E-state index is 0.0244. The molecule has 0 unspecified atom stereocenters. The highest BCUT2D eigenvalue weighted by Gasteiger charge is 2.11. The molecule has 1 aromatic heterocycles. The predicted molar refractivity (Wildman–Crippen MR) is 64.8 cm³/mol. The number of aromatic nitrogens is 1. The second-order valence-electron chi connectivity index (χ2n) is 3.83. The first kappa shape index (κ1) is 12.4. The van der Waals surface area contributed by atoms with Gasteiger partial charge < -0.3 is 15.7 Å². The lowest BCUT2D eigenvalue weighted by molar-refractivity contribution is 0.298. The minimum atomic E-state index is 0.0244.